The van der Waals surface area contributed by atoms with Crippen LogP contribution in [0.25, 0.3) is 0 Å². The van der Waals surface area contributed by atoms with E-state index in [4.69, 9.17) is 4.74 Å². The summed E-state index contributed by atoms with van der Waals surface area (Å²) < 4.78 is 55.1. The molecule has 0 heterocycles. The van der Waals surface area contributed by atoms with Crippen molar-refractivity contribution < 1.29 is 41.4 Å². The van der Waals surface area contributed by atoms with E-state index >= 15 is 0 Å². The minimum atomic E-state index is -3.89. The Morgan fingerprint density at radius 2 is 1.14 bits per heavy atom. The Kier molecular flexibility index (Phi) is 18.1. The molecule has 0 aliphatic rings. The summed E-state index contributed by atoms with van der Waals surface area (Å²) in [6.07, 6.45) is 6.56. The molecule has 12 heteroatoms. The molecule has 44 heavy (non-hydrogen) atoms. The number of nitrogens with one attached hydrogen (secondary N) is 1. The number of carboxylic acids is 2. The van der Waals surface area contributed by atoms with E-state index < -0.39 is 42.1 Å². The molecule has 0 saturated heterocycles. The number of benzene rings is 2. The fourth-order valence-electron chi connectivity index (χ4n) is 4.34. The number of carbonyl (C=O) groups is 2. The maximum absolute atomic E-state index is 12.5. The molecule has 0 aliphatic carbocycles. The quantitative estimate of drug-likeness (QED) is 0.161. The maximum Gasteiger partial charge on any atom is 0.322 e. The van der Waals surface area contributed by atoms with Crippen molar-refractivity contribution in [2.75, 3.05) is 26.8 Å². The van der Waals surface area contributed by atoms with Gasteiger partial charge in [-0.25, -0.2) is 16.8 Å². The Hall–Kier alpha value is -2.80. The fraction of sp³-hybridized carbons (Fsp3) is 0.562. The number of hydrogen-bond donors (Lipinski definition) is 3. The number of sulfone groups is 2. The van der Waals surface area contributed by atoms with E-state index in [1.54, 1.807) is 24.3 Å². The molecular formula is C32H49NO9S2. The number of ether oxygens (including phenoxy) is 1. The summed E-state index contributed by atoms with van der Waals surface area (Å²) in [6, 6.07) is 12.5. The Labute approximate surface area is 263 Å². The molecule has 0 fully saturated rings. The highest BCUT2D eigenvalue weighted by atomic mass is 32.2. The normalized spacial score (nSPS) is 13.0. The SMILES string of the molecule is CCCCCOCCC(C(=O)O)S(=O)(=O)c1ccc(C)cc1.CNCCCCCCC(C(=O)O)S(=O)(=O)c1ccc(C)cc1. The van der Waals surface area contributed by atoms with Gasteiger partial charge in [0, 0.05) is 13.2 Å². The van der Waals surface area contributed by atoms with Gasteiger partial charge in [-0.15, -0.1) is 0 Å². The van der Waals surface area contributed by atoms with Crippen molar-refractivity contribution in [1.82, 2.24) is 5.32 Å². The van der Waals surface area contributed by atoms with Gasteiger partial charge in [0.15, 0.2) is 30.2 Å². The van der Waals surface area contributed by atoms with E-state index in [1.807, 2.05) is 20.9 Å². The number of hydrogen-bond acceptors (Lipinski definition) is 8. The number of aliphatic carboxylic acids is 2. The summed E-state index contributed by atoms with van der Waals surface area (Å²) in [5, 5.41) is 18.7. The van der Waals surface area contributed by atoms with Gasteiger partial charge in [-0.3, -0.25) is 9.59 Å². The fourth-order valence-corrected chi connectivity index (χ4v) is 7.44. The number of unbranched alkanes of at least 4 members (excludes halogenated alkanes) is 5. The van der Waals surface area contributed by atoms with Gasteiger partial charge < -0.3 is 20.3 Å². The molecule has 2 aromatic carbocycles. The lowest BCUT2D eigenvalue weighted by Crippen LogP contribution is -2.31. The highest BCUT2D eigenvalue weighted by molar-refractivity contribution is 7.93. The molecule has 3 N–H and O–H groups in total. The second-order valence-electron chi connectivity index (χ2n) is 10.8. The predicted molar refractivity (Wildman–Crippen MR) is 172 cm³/mol. The van der Waals surface area contributed by atoms with Crippen LogP contribution in [0.15, 0.2) is 58.3 Å². The van der Waals surface area contributed by atoms with Crippen molar-refractivity contribution in [3.8, 4) is 0 Å². The highest BCUT2D eigenvalue weighted by Crippen LogP contribution is 2.22. The molecule has 0 aromatic heterocycles. The lowest BCUT2D eigenvalue weighted by Gasteiger charge is -2.14. The molecule has 0 spiro atoms. The number of rotatable bonds is 20. The second kappa shape index (κ2) is 20.3. The summed E-state index contributed by atoms with van der Waals surface area (Å²) in [5.41, 5.74) is 1.86. The largest absolute Gasteiger partial charge is 0.480 e. The first-order valence-electron chi connectivity index (χ1n) is 15.1. The molecule has 2 aromatic rings. The molecule has 0 radical (unpaired) electrons. The van der Waals surface area contributed by atoms with Gasteiger partial charge in [0.25, 0.3) is 0 Å². The third-order valence-electron chi connectivity index (χ3n) is 7.06. The van der Waals surface area contributed by atoms with Gasteiger partial charge in [0.2, 0.25) is 0 Å². The first-order chi connectivity index (χ1) is 20.8. The summed E-state index contributed by atoms with van der Waals surface area (Å²) in [5.74, 6) is -2.60. The third-order valence-corrected chi connectivity index (χ3v) is 11.3. The van der Waals surface area contributed by atoms with Crippen LogP contribution in [0.5, 0.6) is 0 Å². The van der Waals surface area contributed by atoms with Crippen LogP contribution >= 0.6 is 0 Å². The summed E-state index contributed by atoms with van der Waals surface area (Å²) in [7, 11) is -5.84. The van der Waals surface area contributed by atoms with Crippen LogP contribution in [0.2, 0.25) is 0 Å². The minimum absolute atomic E-state index is 0.0384. The zero-order valence-electron chi connectivity index (χ0n) is 26.3. The zero-order chi connectivity index (χ0) is 33.2. The van der Waals surface area contributed by atoms with Crippen molar-refractivity contribution in [3.63, 3.8) is 0 Å². The smallest absolute Gasteiger partial charge is 0.322 e. The molecule has 0 bridgehead atoms. The summed E-state index contributed by atoms with van der Waals surface area (Å²) in [4.78, 5) is 22.8. The van der Waals surface area contributed by atoms with Crippen molar-refractivity contribution in [2.45, 2.75) is 98.8 Å². The summed E-state index contributed by atoms with van der Waals surface area (Å²) in [6.45, 7) is 7.36. The van der Waals surface area contributed by atoms with E-state index in [-0.39, 0.29) is 29.2 Å². The molecule has 248 valence electrons. The molecule has 0 amide bonds. The van der Waals surface area contributed by atoms with Crippen molar-refractivity contribution in [3.05, 3.63) is 59.7 Å². The lowest BCUT2D eigenvalue weighted by atomic mass is 10.1. The van der Waals surface area contributed by atoms with Crippen LogP contribution < -0.4 is 5.32 Å². The molecular weight excluding hydrogens is 606 g/mol. The zero-order valence-corrected chi connectivity index (χ0v) is 28.0. The van der Waals surface area contributed by atoms with Crippen LogP contribution in [-0.4, -0.2) is 76.3 Å². The van der Waals surface area contributed by atoms with E-state index in [0.717, 1.165) is 56.2 Å². The van der Waals surface area contributed by atoms with Crippen molar-refractivity contribution >= 4 is 31.6 Å². The Morgan fingerprint density at radius 1 is 0.682 bits per heavy atom. The van der Waals surface area contributed by atoms with Gasteiger partial charge in [0.05, 0.1) is 9.79 Å². The average molecular weight is 656 g/mol. The molecule has 2 atom stereocenters. The molecule has 2 rings (SSSR count). The topological polar surface area (TPSA) is 164 Å². The Morgan fingerprint density at radius 3 is 1.57 bits per heavy atom. The van der Waals surface area contributed by atoms with Crippen LogP contribution in [0, 0.1) is 13.8 Å². The van der Waals surface area contributed by atoms with Gasteiger partial charge in [0.1, 0.15) is 0 Å². The molecule has 0 saturated carbocycles. The van der Waals surface area contributed by atoms with Crippen LogP contribution in [0.3, 0.4) is 0 Å². The third kappa shape index (κ3) is 13.5. The van der Waals surface area contributed by atoms with Gasteiger partial charge in [-0.1, -0.05) is 74.4 Å². The molecule has 10 nitrogen and oxygen atoms in total. The van der Waals surface area contributed by atoms with Gasteiger partial charge in [-0.2, -0.15) is 0 Å². The van der Waals surface area contributed by atoms with Crippen LogP contribution in [-0.2, 0) is 34.0 Å². The second-order valence-corrected chi connectivity index (χ2v) is 15.0. The van der Waals surface area contributed by atoms with Gasteiger partial charge in [-0.05, 0) is 77.4 Å². The maximum atomic E-state index is 12.5. The first kappa shape index (κ1) is 39.2. The van der Waals surface area contributed by atoms with E-state index in [2.05, 4.69) is 12.2 Å². The predicted octanol–water partition coefficient (Wildman–Crippen LogP) is 5.21. The van der Waals surface area contributed by atoms with Gasteiger partial charge >= 0.3 is 11.9 Å². The number of carboxylic acid groups (broad SMARTS) is 2. The Bertz CT molecular complexity index is 1240. The highest BCUT2D eigenvalue weighted by Gasteiger charge is 2.34. The standard InChI is InChI=1S/C16H25NO4S.C16H24O5S/c1-13-8-10-14(11-9-13)22(20,21)15(16(18)19)7-5-3-4-6-12-17-2;1-3-4-5-11-21-12-10-15(16(17)18)22(19,20)14-8-6-13(2)7-9-14/h8-11,15,17H,3-7,12H2,1-2H3,(H,18,19);6-9,15H,3-5,10-12H2,1-2H3,(H,17,18). The van der Waals surface area contributed by atoms with E-state index in [1.165, 1.54) is 24.3 Å². The minimum Gasteiger partial charge on any atom is -0.480 e. The number of aryl methyl sites for hydroxylation is 2. The summed E-state index contributed by atoms with van der Waals surface area (Å²) >= 11 is 0. The van der Waals surface area contributed by atoms with Crippen molar-refractivity contribution in [2.24, 2.45) is 0 Å². The lowest BCUT2D eigenvalue weighted by molar-refractivity contribution is -0.137. The Balaban J connectivity index is 0.000000440. The average Bonchev–Trinajstić information content (AvgIpc) is 2.96. The van der Waals surface area contributed by atoms with Crippen LogP contribution in [0.4, 0.5) is 0 Å². The first-order valence-corrected chi connectivity index (χ1v) is 18.2. The van der Waals surface area contributed by atoms with Crippen LogP contribution in [0.1, 0.15) is 75.8 Å². The molecule has 0 aliphatic heterocycles. The van der Waals surface area contributed by atoms with E-state index in [9.17, 15) is 36.6 Å². The molecule has 2 unspecified atom stereocenters. The van der Waals surface area contributed by atoms with E-state index in [0.29, 0.717) is 13.0 Å². The monoisotopic (exact) mass is 655 g/mol. The van der Waals surface area contributed by atoms with Crippen molar-refractivity contribution in [1.29, 1.82) is 0 Å².